The Morgan fingerprint density at radius 3 is 2.87 bits per heavy atom. The Bertz CT molecular complexity index is 1210. The van der Waals surface area contributed by atoms with Crippen molar-refractivity contribution in [3.63, 3.8) is 0 Å². The molecule has 4 rings (SSSR count). The molecular weight excluding hydrogens is 410 g/mol. The number of fused-ring (bicyclic) bond motifs is 1. The van der Waals surface area contributed by atoms with Crippen molar-refractivity contribution in [2.75, 3.05) is 5.32 Å². The first-order valence-electron chi connectivity index (χ1n) is 10.2. The van der Waals surface area contributed by atoms with Crippen LogP contribution in [0.3, 0.4) is 0 Å². The molecule has 3 aromatic rings. The van der Waals surface area contributed by atoms with E-state index >= 15 is 0 Å². The Labute approximate surface area is 184 Å². The summed E-state index contributed by atoms with van der Waals surface area (Å²) < 4.78 is 1.37. The third-order valence-electron chi connectivity index (χ3n) is 5.37. The number of nitrogens with zero attached hydrogens (tertiary/aromatic N) is 3. The van der Waals surface area contributed by atoms with Gasteiger partial charge in [-0.1, -0.05) is 36.9 Å². The number of aryl methyl sites for hydroxylation is 1. The number of nitriles is 1. The molecule has 2 unspecified atom stereocenters. The van der Waals surface area contributed by atoms with E-state index in [0.29, 0.717) is 28.0 Å². The molecule has 0 saturated carbocycles. The zero-order valence-electron chi connectivity index (χ0n) is 17.4. The van der Waals surface area contributed by atoms with Crippen molar-refractivity contribution in [3.8, 4) is 11.8 Å². The molecule has 31 heavy (non-hydrogen) atoms. The Balaban J connectivity index is 1.49. The molecule has 1 aliphatic rings. The number of nitrogens with one attached hydrogen (secondary N) is 2. The van der Waals surface area contributed by atoms with Crippen LogP contribution in [-0.2, 0) is 17.6 Å². The van der Waals surface area contributed by atoms with Crippen LogP contribution >= 0.6 is 11.8 Å². The molecule has 2 N–H and O–H groups in total. The van der Waals surface area contributed by atoms with E-state index in [4.69, 9.17) is 4.98 Å². The first-order valence-corrected chi connectivity index (χ1v) is 11.1. The third kappa shape index (κ3) is 4.57. The van der Waals surface area contributed by atoms with Crippen molar-refractivity contribution in [2.45, 2.75) is 43.4 Å². The number of H-pyrrole nitrogens is 1. The number of amides is 1. The summed E-state index contributed by atoms with van der Waals surface area (Å²) in [6.07, 6.45) is 2.91. The molecule has 2 heterocycles. The minimum absolute atomic E-state index is 0.265. The average molecular weight is 434 g/mol. The van der Waals surface area contributed by atoms with Crippen LogP contribution in [0.1, 0.15) is 37.1 Å². The van der Waals surface area contributed by atoms with Gasteiger partial charge in [0, 0.05) is 11.8 Å². The van der Waals surface area contributed by atoms with E-state index < -0.39 is 5.25 Å². The molecule has 8 heteroatoms. The normalized spacial score (nSPS) is 16.2. The number of benzene rings is 1. The van der Waals surface area contributed by atoms with Crippen LogP contribution < -0.4 is 10.9 Å². The number of carbonyl (C=O) groups is 1. The molecule has 0 bridgehead atoms. The van der Waals surface area contributed by atoms with Gasteiger partial charge in [-0.15, -0.1) is 0 Å². The SMILES string of the molecule is CC1CCc2nc(SC(C)C(=O)Nc3cc(=O)n(-c4ccccc4)[nH]3)c(C#N)cc2C1. The minimum Gasteiger partial charge on any atom is -0.310 e. The highest BCUT2D eigenvalue weighted by molar-refractivity contribution is 8.00. The molecule has 1 aliphatic carbocycles. The molecule has 1 aromatic carbocycles. The van der Waals surface area contributed by atoms with Crippen molar-refractivity contribution in [2.24, 2.45) is 5.92 Å². The number of hydrogen-bond donors (Lipinski definition) is 2. The lowest BCUT2D eigenvalue weighted by Gasteiger charge is -2.22. The van der Waals surface area contributed by atoms with Gasteiger partial charge in [0.2, 0.25) is 5.91 Å². The summed E-state index contributed by atoms with van der Waals surface area (Å²) >= 11 is 1.26. The molecular formula is C23H23N5O2S. The van der Waals surface area contributed by atoms with Crippen LogP contribution in [0.5, 0.6) is 0 Å². The lowest BCUT2D eigenvalue weighted by molar-refractivity contribution is -0.115. The second-order valence-corrected chi connectivity index (χ2v) is 9.16. The number of hydrogen-bond acceptors (Lipinski definition) is 5. The summed E-state index contributed by atoms with van der Waals surface area (Å²) in [5.74, 6) is 0.636. The number of thioether (sulfide) groups is 1. The predicted octanol–water partition coefficient (Wildman–Crippen LogP) is 3.68. The summed E-state index contributed by atoms with van der Waals surface area (Å²) in [5, 5.41) is 15.3. The quantitative estimate of drug-likeness (QED) is 0.598. The number of pyridine rings is 1. The maximum Gasteiger partial charge on any atom is 0.273 e. The minimum atomic E-state index is -0.497. The number of aromatic nitrogens is 3. The molecule has 2 aromatic heterocycles. The fourth-order valence-electron chi connectivity index (χ4n) is 3.68. The zero-order valence-corrected chi connectivity index (χ0v) is 18.2. The number of rotatable bonds is 5. The predicted molar refractivity (Wildman–Crippen MR) is 120 cm³/mol. The van der Waals surface area contributed by atoms with Crippen LogP contribution in [0.2, 0.25) is 0 Å². The van der Waals surface area contributed by atoms with Gasteiger partial charge in [0.25, 0.3) is 5.56 Å². The standard InChI is InChI=1S/C23H23N5O2S/c1-14-8-9-19-16(10-14)11-17(13-24)23(25-19)31-15(2)22(30)26-20-12-21(29)28(27-20)18-6-4-3-5-7-18/h3-7,11-12,14-15,27H,8-10H2,1-2H3,(H,26,30). The highest BCUT2D eigenvalue weighted by atomic mass is 32.2. The summed E-state index contributed by atoms with van der Waals surface area (Å²) in [4.78, 5) is 29.7. The first kappa shape index (κ1) is 20.9. The number of para-hydroxylation sites is 1. The zero-order chi connectivity index (χ0) is 22.0. The van der Waals surface area contributed by atoms with E-state index in [0.717, 1.165) is 30.5 Å². The topological polar surface area (TPSA) is 104 Å². The smallest absolute Gasteiger partial charge is 0.273 e. The van der Waals surface area contributed by atoms with Gasteiger partial charge in [-0.3, -0.25) is 14.7 Å². The van der Waals surface area contributed by atoms with Gasteiger partial charge in [0.1, 0.15) is 16.9 Å². The Hall–Kier alpha value is -3.31. The van der Waals surface area contributed by atoms with Crippen molar-refractivity contribution >= 4 is 23.5 Å². The largest absolute Gasteiger partial charge is 0.310 e. The van der Waals surface area contributed by atoms with Crippen LogP contribution in [0.25, 0.3) is 5.69 Å². The van der Waals surface area contributed by atoms with Crippen molar-refractivity contribution in [1.29, 1.82) is 5.26 Å². The van der Waals surface area contributed by atoms with E-state index in [1.807, 2.05) is 24.3 Å². The van der Waals surface area contributed by atoms with E-state index in [2.05, 4.69) is 23.4 Å². The molecule has 1 amide bonds. The summed E-state index contributed by atoms with van der Waals surface area (Å²) in [6, 6.07) is 14.6. The molecule has 0 aliphatic heterocycles. The van der Waals surface area contributed by atoms with Crippen LogP contribution in [0.15, 0.2) is 52.3 Å². The van der Waals surface area contributed by atoms with Gasteiger partial charge in [0.15, 0.2) is 0 Å². The number of anilines is 1. The molecule has 2 atom stereocenters. The van der Waals surface area contributed by atoms with Gasteiger partial charge in [-0.25, -0.2) is 9.67 Å². The van der Waals surface area contributed by atoms with Crippen molar-refractivity contribution in [1.82, 2.24) is 14.8 Å². The van der Waals surface area contributed by atoms with Crippen molar-refractivity contribution < 1.29 is 4.79 Å². The summed E-state index contributed by atoms with van der Waals surface area (Å²) in [5.41, 5.74) is 3.08. The first-order chi connectivity index (χ1) is 14.9. The number of aromatic amines is 1. The Kier molecular flexibility index (Phi) is 5.96. The Morgan fingerprint density at radius 1 is 1.35 bits per heavy atom. The second kappa shape index (κ2) is 8.82. The lowest BCUT2D eigenvalue weighted by Crippen LogP contribution is -2.23. The summed E-state index contributed by atoms with van der Waals surface area (Å²) in [7, 11) is 0. The fourth-order valence-corrected chi connectivity index (χ4v) is 4.58. The van der Waals surface area contributed by atoms with Gasteiger partial charge in [0.05, 0.1) is 16.5 Å². The van der Waals surface area contributed by atoms with Crippen LogP contribution in [0.4, 0.5) is 5.82 Å². The second-order valence-electron chi connectivity index (χ2n) is 7.84. The summed E-state index contributed by atoms with van der Waals surface area (Å²) in [6.45, 7) is 3.97. The molecule has 0 radical (unpaired) electrons. The number of carbonyl (C=O) groups excluding carboxylic acids is 1. The van der Waals surface area contributed by atoms with Gasteiger partial charge in [-0.2, -0.15) is 5.26 Å². The molecule has 0 fully saturated rings. The lowest BCUT2D eigenvalue weighted by atomic mass is 9.87. The van der Waals surface area contributed by atoms with E-state index in [1.54, 1.807) is 19.1 Å². The van der Waals surface area contributed by atoms with Crippen molar-refractivity contribution in [3.05, 3.63) is 69.6 Å². The van der Waals surface area contributed by atoms with E-state index in [9.17, 15) is 14.9 Å². The van der Waals surface area contributed by atoms with Gasteiger partial charge >= 0.3 is 0 Å². The fraction of sp³-hybridized carbons (Fsp3) is 0.304. The van der Waals surface area contributed by atoms with Gasteiger partial charge in [-0.05, 0) is 55.9 Å². The average Bonchev–Trinajstić information content (AvgIpc) is 3.13. The molecule has 7 nitrogen and oxygen atoms in total. The third-order valence-corrected chi connectivity index (χ3v) is 6.47. The molecule has 158 valence electrons. The van der Waals surface area contributed by atoms with E-state index in [1.165, 1.54) is 22.5 Å². The highest BCUT2D eigenvalue weighted by Crippen LogP contribution is 2.31. The maximum atomic E-state index is 12.7. The Morgan fingerprint density at radius 2 is 2.13 bits per heavy atom. The van der Waals surface area contributed by atoms with E-state index in [-0.39, 0.29) is 11.5 Å². The highest BCUT2D eigenvalue weighted by Gasteiger charge is 2.23. The molecule has 0 saturated heterocycles. The van der Waals surface area contributed by atoms with Crippen LogP contribution in [-0.4, -0.2) is 25.9 Å². The van der Waals surface area contributed by atoms with Crippen LogP contribution in [0, 0.1) is 17.2 Å². The monoisotopic (exact) mass is 433 g/mol. The molecule has 0 spiro atoms. The van der Waals surface area contributed by atoms with Gasteiger partial charge < -0.3 is 5.32 Å². The maximum absolute atomic E-state index is 12.7.